The Balaban J connectivity index is 2.49. The molecule has 1 rings (SSSR count). The van der Waals surface area contributed by atoms with E-state index >= 15 is 0 Å². The summed E-state index contributed by atoms with van der Waals surface area (Å²) in [6, 6.07) is 0. The standard InChI is InChI=1S/C18H34O4/c1-4-7-11-19-15-17-18(22-13-9-6-3)16(10-14-21-17)20-12-8-5-2/h10,14,16-18H,4-9,11-13,15H2,1-3H3/t16-,17-,18-/m1/s1. The molecule has 0 spiro atoms. The highest BCUT2D eigenvalue weighted by molar-refractivity contribution is 4.99. The summed E-state index contributed by atoms with van der Waals surface area (Å²) >= 11 is 0. The Morgan fingerprint density at radius 2 is 1.50 bits per heavy atom. The van der Waals surface area contributed by atoms with Crippen molar-refractivity contribution in [2.75, 3.05) is 26.4 Å². The van der Waals surface area contributed by atoms with Crippen molar-refractivity contribution in [3.63, 3.8) is 0 Å². The third-order valence-electron chi connectivity index (χ3n) is 3.75. The largest absolute Gasteiger partial charge is 0.493 e. The van der Waals surface area contributed by atoms with Crippen LogP contribution in [0.2, 0.25) is 0 Å². The monoisotopic (exact) mass is 314 g/mol. The predicted molar refractivity (Wildman–Crippen MR) is 89.0 cm³/mol. The van der Waals surface area contributed by atoms with Crippen LogP contribution in [0.3, 0.4) is 0 Å². The molecule has 1 aliphatic heterocycles. The molecule has 0 saturated heterocycles. The van der Waals surface area contributed by atoms with E-state index in [1.165, 1.54) is 0 Å². The van der Waals surface area contributed by atoms with Crippen molar-refractivity contribution in [3.05, 3.63) is 12.3 Å². The Morgan fingerprint density at radius 3 is 2.18 bits per heavy atom. The van der Waals surface area contributed by atoms with Crippen molar-refractivity contribution in [1.82, 2.24) is 0 Å². The Kier molecular flexibility index (Phi) is 11.4. The summed E-state index contributed by atoms with van der Waals surface area (Å²) in [5.41, 5.74) is 0. The quantitative estimate of drug-likeness (QED) is 0.480. The average Bonchev–Trinajstić information content (AvgIpc) is 2.54. The van der Waals surface area contributed by atoms with E-state index in [0.29, 0.717) is 6.61 Å². The van der Waals surface area contributed by atoms with Gasteiger partial charge in [0.05, 0.1) is 12.9 Å². The van der Waals surface area contributed by atoms with Crippen LogP contribution < -0.4 is 0 Å². The fraction of sp³-hybridized carbons (Fsp3) is 0.889. The fourth-order valence-electron chi connectivity index (χ4n) is 2.28. The van der Waals surface area contributed by atoms with Gasteiger partial charge >= 0.3 is 0 Å². The van der Waals surface area contributed by atoms with Crippen LogP contribution in [-0.2, 0) is 18.9 Å². The molecule has 0 fully saturated rings. The van der Waals surface area contributed by atoms with Gasteiger partial charge in [0.25, 0.3) is 0 Å². The van der Waals surface area contributed by atoms with Crippen LogP contribution in [0.15, 0.2) is 12.3 Å². The van der Waals surface area contributed by atoms with Crippen LogP contribution in [-0.4, -0.2) is 44.7 Å². The Bertz CT molecular complexity index is 280. The molecule has 0 aromatic heterocycles. The molecule has 0 aromatic rings. The topological polar surface area (TPSA) is 36.9 Å². The van der Waals surface area contributed by atoms with E-state index in [4.69, 9.17) is 18.9 Å². The van der Waals surface area contributed by atoms with Gasteiger partial charge in [-0.1, -0.05) is 40.0 Å². The molecule has 0 saturated carbocycles. The Hall–Kier alpha value is -0.580. The van der Waals surface area contributed by atoms with E-state index in [9.17, 15) is 0 Å². The lowest BCUT2D eigenvalue weighted by atomic mass is 10.1. The lowest BCUT2D eigenvalue weighted by molar-refractivity contribution is -0.138. The first-order chi connectivity index (χ1) is 10.8. The Labute approximate surface area is 136 Å². The molecule has 0 unspecified atom stereocenters. The fourth-order valence-corrected chi connectivity index (χ4v) is 2.28. The van der Waals surface area contributed by atoms with Gasteiger partial charge in [-0.15, -0.1) is 0 Å². The molecular formula is C18H34O4. The average molecular weight is 314 g/mol. The molecular weight excluding hydrogens is 280 g/mol. The van der Waals surface area contributed by atoms with E-state index in [1.54, 1.807) is 6.26 Å². The van der Waals surface area contributed by atoms with Gasteiger partial charge in [-0.2, -0.15) is 0 Å². The first-order valence-electron chi connectivity index (χ1n) is 8.96. The number of hydrogen-bond donors (Lipinski definition) is 0. The normalized spacial score (nSPS) is 24.4. The molecule has 22 heavy (non-hydrogen) atoms. The van der Waals surface area contributed by atoms with Crippen LogP contribution in [0.5, 0.6) is 0 Å². The van der Waals surface area contributed by atoms with Gasteiger partial charge in [-0.25, -0.2) is 0 Å². The van der Waals surface area contributed by atoms with Gasteiger partial charge in [0.2, 0.25) is 0 Å². The minimum atomic E-state index is -0.0784. The molecule has 0 aliphatic carbocycles. The molecule has 0 bridgehead atoms. The van der Waals surface area contributed by atoms with Gasteiger partial charge in [-0.05, 0) is 25.3 Å². The zero-order valence-electron chi connectivity index (χ0n) is 14.6. The summed E-state index contributed by atoms with van der Waals surface area (Å²) in [6.07, 6.45) is 10.2. The summed E-state index contributed by atoms with van der Waals surface area (Å²) < 4.78 is 23.5. The van der Waals surface area contributed by atoms with E-state index in [0.717, 1.165) is 58.3 Å². The van der Waals surface area contributed by atoms with Crippen LogP contribution in [0, 0.1) is 0 Å². The highest BCUT2D eigenvalue weighted by atomic mass is 16.6. The summed E-state index contributed by atoms with van der Waals surface area (Å²) in [7, 11) is 0. The van der Waals surface area contributed by atoms with E-state index < -0.39 is 0 Å². The zero-order chi connectivity index (χ0) is 16.0. The SMILES string of the molecule is CCCCOC[C@H]1OC=C[C@@H](OCCCC)[C@H]1OCCCC. The number of rotatable bonds is 13. The van der Waals surface area contributed by atoms with Crippen molar-refractivity contribution in [2.45, 2.75) is 77.6 Å². The summed E-state index contributed by atoms with van der Waals surface area (Å²) in [5, 5.41) is 0. The maximum atomic E-state index is 6.06. The van der Waals surface area contributed by atoms with E-state index in [2.05, 4.69) is 20.8 Å². The Morgan fingerprint density at radius 1 is 0.864 bits per heavy atom. The van der Waals surface area contributed by atoms with Gasteiger partial charge < -0.3 is 18.9 Å². The maximum absolute atomic E-state index is 6.06. The predicted octanol–water partition coefficient (Wildman–Crippen LogP) is 4.09. The molecule has 1 heterocycles. The first kappa shape index (κ1) is 19.5. The third-order valence-corrected chi connectivity index (χ3v) is 3.75. The number of unbranched alkanes of at least 4 members (excludes halogenated alkanes) is 3. The molecule has 4 heteroatoms. The van der Waals surface area contributed by atoms with Crippen LogP contribution in [0.25, 0.3) is 0 Å². The molecule has 130 valence electrons. The van der Waals surface area contributed by atoms with Crippen molar-refractivity contribution in [3.8, 4) is 0 Å². The second-order valence-electron chi connectivity index (χ2n) is 5.81. The molecule has 1 aliphatic rings. The minimum absolute atomic E-state index is 0.0306. The highest BCUT2D eigenvalue weighted by Gasteiger charge is 2.33. The third kappa shape index (κ3) is 7.61. The molecule has 3 atom stereocenters. The van der Waals surface area contributed by atoms with E-state index in [1.807, 2.05) is 6.08 Å². The first-order valence-corrected chi connectivity index (χ1v) is 8.96. The summed E-state index contributed by atoms with van der Waals surface area (Å²) in [4.78, 5) is 0. The van der Waals surface area contributed by atoms with Crippen molar-refractivity contribution < 1.29 is 18.9 Å². The lowest BCUT2D eigenvalue weighted by Gasteiger charge is -2.34. The zero-order valence-corrected chi connectivity index (χ0v) is 14.6. The molecule has 0 N–H and O–H groups in total. The van der Waals surface area contributed by atoms with E-state index in [-0.39, 0.29) is 18.3 Å². The minimum Gasteiger partial charge on any atom is -0.493 e. The summed E-state index contributed by atoms with van der Waals surface area (Å²) in [6.45, 7) is 9.36. The van der Waals surface area contributed by atoms with Gasteiger partial charge in [0.15, 0.2) is 0 Å². The van der Waals surface area contributed by atoms with Gasteiger partial charge in [0, 0.05) is 19.8 Å². The van der Waals surface area contributed by atoms with Gasteiger partial charge in [0.1, 0.15) is 18.3 Å². The molecule has 0 radical (unpaired) electrons. The maximum Gasteiger partial charge on any atom is 0.150 e. The van der Waals surface area contributed by atoms with Crippen LogP contribution in [0.4, 0.5) is 0 Å². The lowest BCUT2D eigenvalue weighted by Crippen LogP contribution is -2.46. The van der Waals surface area contributed by atoms with Crippen molar-refractivity contribution >= 4 is 0 Å². The van der Waals surface area contributed by atoms with Crippen LogP contribution >= 0.6 is 0 Å². The van der Waals surface area contributed by atoms with Gasteiger partial charge in [-0.3, -0.25) is 0 Å². The number of hydrogen-bond acceptors (Lipinski definition) is 4. The molecule has 4 nitrogen and oxygen atoms in total. The molecule has 0 aromatic carbocycles. The van der Waals surface area contributed by atoms with Crippen molar-refractivity contribution in [2.24, 2.45) is 0 Å². The van der Waals surface area contributed by atoms with Crippen molar-refractivity contribution in [1.29, 1.82) is 0 Å². The highest BCUT2D eigenvalue weighted by Crippen LogP contribution is 2.20. The second kappa shape index (κ2) is 12.9. The smallest absolute Gasteiger partial charge is 0.150 e. The molecule has 0 amide bonds. The summed E-state index contributed by atoms with van der Waals surface area (Å²) in [5.74, 6) is 0. The second-order valence-corrected chi connectivity index (χ2v) is 5.81. The van der Waals surface area contributed by atoms with Crippen LogP contribution in [0.1, 0.15) is 59.3 Å². The number of ether oxygens (including phenoxy) is 4.